The third-order valence-electron chi connectivity index (χ3n) is 3.95. The predicted octanol–water partition coefficient (Wildman–Crippen LogP) is 1.47. The maximum absolute atomic E-state index is 13.6. The monoisotopic (exact) mass is 298 g/mol. The molecule has 0 radical (unpaired) electrons. The second-order valence-corrected chi connectivity index (χ2v) is 5.27. The van der Waals surface area contributed by atoms with Crippen molar-refractivity contribution >= 4 is 5.91 Å². The lowest BCUT2D eigenvalue weighted by Crippen LogP contribution is -2.51. The third-order valence-corrected chi connectivity index (χ3v) is 3.95. The van der Waals surface area contributed by atoms with Crippen molar-refractivity contribution in [3.63, 3.8) is 0 Å². The molecule has 1 aromatic carbocycles. The molecule has 1 aromatic rings. The first-order valence-corrected chi connectivity index (χ1v) is 7.01. The summed E-state index contributed by atoms with van der Waals surface area (Å²) in [6.45, 7) is 0.888. The van der Waals surface area contributed by atoms with Gasteiger partial charge in [-0.15, -0.1) is 0 Å². The van der Waals surface area contributed by atoms with Crippen LogP contribution in [0.15, 0.2) is 18.2 Å². The number of nitrogens with zero attached hydrogens (tertiary/aromatic N) is 1. The SMILES string of the molecule is COC1CCN(C(=O)Cc2ccc(F)cc2F)C(CN)C1. The molecule has 2 unspecified atom stereocenters. The highest BCUT2D eigenvalue weighted by molar-refractivity contribution is 5.79. The molecule has 0 spiro atoms. The predicted molar refractivity (Wildman–Crippen MR) is 74.6 cm³/mol. The summed E-state index contributed by atoms with van der Waals surface area (Å²) in [4.78, 5) is 14.0. The fourth-order valence-electron chi connectivity index (χ4n) is 2.71. The molecule has 1 saturated heterocycles. The molecular weight excluding hydrogens is 278 g/mol. The number of nitrogens with two attached hydrogens (primary N) is 1. The van der Waals surface area contributed by atoms with E-state index in [1.165, 1.54) is 6.07 Å². The number of carbonyl (C=O) groups excluding carboxylic acids is 1. The van der Waals surface area contributed by atoms with Gasteiger partial charge in [-0.3, -0.25) is 4.79 Å². The highest BCUT2D eigenvalue weighted by Gasteiger charge is 2.30. The van der Waals surface area contributed by atoms with E-state index in [1.807, 2.05) is 0 Å². The first kappa shape index (κ1) is 15.9. The van der Waals surface area contributed by atoms with E-state index in [1.54, 1.807) is 12.0 Å². The van der Waals surface area contributed by atoms with Gasteiger partial charge in [-0.05, 0) is 24.5 Å². The molecule has 1 fully saturated rings. The molecule has 0 saturated carbocycles. The summed E-state index contributed by atoms with van der Waals surface area (Å²) < 4.78 is 31.8. The van der Waals surface area contributed by atoms with Gasteiger partial charge in [0.1, 0.15) is 11.6 Å². The standard InChI is InChI=1S/C15H20F2N2O2/c1-21-13-4-5-19(12(8-13)9-18)15(20)6-10-2-3-11(16)7-14(10)17/h2-3,7,12-13H,4-6,8-9,18H2,1H3. The minimum absolute atomic E-state index is 0.0831. The summed E-state index contributed by atoms with van der Waals surface area (Å²) in [5.41, 5.74) is 5.92. The Morgan fingerprint density at radius 3 is 2.86 bits per heavy atom. The number of amides is 1. The zero-order chi connectivity index (χ0) is 15.4. The lowest BCUT2D eigenvalue weighted by molar-refractivity contribution is -0.136. The van der Waals surface area contributed by atoms with Gasteiger partial charge in [-0.1, -0.05) is 6.07 Å². The molecule has 0 aromatic heterocycles. The molecule has 116 valence electrons. The summed E-state index contributed by atoms with van der Waals surface area (Å²) in [5.74, 6) is -1.53. The van der Waals surface area contributed by atoms with E-state index in [-0.39, 0.29) is 30.0 Å². The van der Waals surface area contributed by atoms with Crippen LogP contribution in [0.2, 0.25) is 0 Å². The zero-order valence-corrected chi connectivity index (χ0v) is 12.0. The van der Waals surface area contributed by atoms with Gasteiger partial charge in [-0.25, -0.2) is 8.78 Å². The number of rotatable bonds is 4. The Bertz CT molecular complexity index is 510. The van der Waals surface area contributed by atoms with Gasteiger partial charge in [0, 0.05) is 32.3 Å². The number of carbonyl (C=O) groups is 1. The van der Waals surface area contributed by atoms with Crippen molar-refractivity contribution in [1.82, 2.24) is 4.90 Å². The normalized spacial score (nSPS) is 22.4. The van der Waals surface area contributed by atoms with Crippen LogP contribution in [0.4, 0.5) is 8.78 Å². The van der Waals surface area contributed by atoms with Gasteiger partial charge in [0.25, 0.3) is 0 Å². The molecular formula is C15H20F2N2O2. The van der Waals surface area contributed by atoms with Crippen LogP contribution in [-0.2, 0) is 16.0 Å². The molecule has 2 N–H and O–H groups in total. The number of hydrogen-bond donors (Lipinski definition) is 1. The Morgan fingerprint density at radius 2 is 2.24 bits per heavy atom. The van der Waals surface area contributed by atoms with E-state index in [9.17, 15) is 13.6 Å². The molecule has 1 aliphatic rings. The van der Waals surface area contributed by atoms with Gasteiger partial charge < -0.3 is 15.4 Å². The molecule has 1 amide bonds. The maximum atomic E-state index is 13.6. The van der Waals surface area contributed by atoms with Crippen molar-refractivity contribution in [1.29, 1.82) is 0 Å². The molecule has 6 heteroatoms. The minimum Gasteiger partial charge on any atom is -0.381 e. The summed E-state index contributed by atoms with van der Waals surface area (Å²) in [6, 6.07) is 3.16. The highest BCUT2D eigenvalue weighted by atomic mass is 19.1. The van der Waals surface area contributed by atoms with Crippen LogP contribution in [0, 0.1) is 11.6 Å². The van der Waals surface area contributed by atoms with Crippen LogP contribution in [0.1, 0.15) is 18.4 Å². The molecule has 0 bridgehead atoms. The molecule has 2 rings (SSSR count). The maximum Gasteiger partial charge on any atom is 0.227 e. The van der Waals surface area contributed by atoms with E-state index < -0.39 is 11.6 Å². The summed E-state index contributed by atoms with van der Waals surface area (Å²) in [6.07, 6.45) is 1.44. The molecule has 4 nitrogen and oxygen atoms in total. The Hall–Kier alpha value is -1.53. The topological polar surface area (TPSA) is 55.6 Å². The number of methoxy groups -OCH3 is 1. The fourth-order valence-corrected chi connectivity index (χ4v) is 2.71. The van der Waals surface area contributed by atoms with E-state index in [0.717, 1.165) is 18.6 Å². The van der Waals surface area contributed by atoms with Crippen LogP contribution in [0.5, 0.6) is 0 Å². The van der Waals surface area contributed by atoms with Crippen LogP contribution in [-0.4, -0.2) is 43.2 Å². The van der Waals surface area contributed by atoms with Crippen molar-refractivity contribution in [3.05, 3.63) is 35.4 Å². The highest BCUT2D eigenvalue weighted by Crippen LogP contribution is 2.21. The average molecular weight is 298 g/mol. The second kappa shape index (κ2) is 6.95. The minimum atomic E-state index is -0.695. The van der Waals surface area contributed by atoms with Gasteiger partial charge in [0.05, 0.1) is 12.5 Å². The number of benzene rings is 1. The van der Waals surface area contributed by atoms with E-state index >= 15 is 0 Å². The summed E-state index contributed by atoms with van der Waals surface area (Å²) in [7, 11) is 1.64. The third kappa shape index (κ3) is 3.77. The number of likely N-dealkylation sites (tertiary alicyclic amines) is 1. The number of ether oxygens (including phenoxy) is 1. The van der Waals surface area contributed by atoms with Gasteiger partial charge in [-0.2, -0.15) is 0 Å². The van der Waals surface area contributed by atoms with Gasteiger partial charge in [0.2, 0.25) is 5.91 Å². The van der Waals surface area contributed by atoms with Crippen molar-refractivity contribution in [3.8, 4) is 0 Å². The first-order valence-electron chi connectivity index (χ1n) is 7.01. The first-order chi connectivity index (χ1) is 10.0. The Morgan fingerprint density at radius 1 is 1.48 bits per heavy atom. The summed E-state index contributed by atoms with van der Waals surface area (Å²) in [5, 5.41) is 0. The van der Waals surface area contributed by atoms with E-state index in [2.05, 4.69) is 0 Å². The van der Waals surface area contributed by atoms with E-state index in [4.69, 9.17) is 10.5 Å². The van der Waals surface area contributed by atoms with Crippen molar-refractivity contribution < 1.29 is 18.3 Å². The fraction of sp³-hybridized carbons (Fsp3) is 0.533. The quantitative estimate of drug-likeness (QED) is 0.916. The molecule has 2 atom stereocenters. The van der Waals surface area contributed by atoms with Crippen LogP contribution in [0.25, 0.3) is 0 Å². The number of piperidine rings is 1. The zero-order valence-electron chi connectivity index (χ0n) is 12.0. The molecule has 1 heterocycles. The van der Waals surface area contributed by atoms with Crippen LogP contribution >= 0.6 is 0 Å². The van der Waals surface area contributed by atoms with Crippen molar-refractivity contribution in [2.75, 3.05) is 20.2 Å². The summed E-state index contributed by atoms with van der Waals surface area (Å²) >= 11 is 0. The number of hydrogen-bond acceptors (Lipinski definition) is 3. The molecule has 0 aliphatic carbocycles. The lowest BCUT2D eigenvalue weighted by Gasteiger charge is -2.38. The van der Waals surface area contributed by atoms with E-state index in [0.29, 0.717) is 19.5 Å². The molecule has 1 aliphatic heterocycles. The van der Waals surface area contributed by atoms with Crippen LogP contribution < -0.4 is 5.73 Å². The Balaban J connectivity index is 2.05. The van der Waals surface area contributed by atoms with Gasteiger partial charge in [0.15, 0.2) is 0 Å². The largest absolute Gasteiger partial charge is 0.381 e. The van der Waals surface area contributed by atoms with Crippen molar-refractivity contribution in [2.45, 2.75) is 31.4 Å². The van der Waals surface area contributed by atoms with Crippen LogP contribution in [0.3, 0.4) is 0 Å². The van der Waals surface area contributed by atoms with Crippen molar-refractivity contribution in [2.24, 2.45) is 5.73 Å². The smallest absolute Gasteiger partial charge is 0.227 e. The Labute approximate surface area is 122 Å². The number of halogens is 2. The lowest BCUT2D eigenvalue weighted by atomic mass is 9.98. The second-order valence-electron chi connectivity index (χ2n) is 5.27. The van der Waals surface area contributed by atoms with Gasteiger partial charge >= 0.3 is 0 Å². The Kier molecular flexibility index (Phi) is 5.25. The average Bonchev–Trinajstić information content (AvgIpc) is 2.49. The molecule has 21 heavy (non-hydrogen) atoms.